The molecule has 0 fully saturated rings. The average molecular weight is 148 g/mol. The number of hydrogen-bond acceptors (Lipinski definition) is 4. The molecule has 10 heavy (non-hydrogen) atoms. The van der Waals surface area contributed by atoms with Gasteiger partial charge in [-0.05, 0) is 11.7 Å². The largest absolute Gasteiger partial charge is 0.737 e. The third-order valence-electron chi connectivity index (χ3n) is 1.00. The number of aliphatic hydroxyl groups excluding tert-OH is 1. The summed E-state index contributed by atoms with van der Waals surface area (Å²) in [6.45, 7) is 0.322. The summed E-state index contributed by atoms with van der Waals surface area (Å²) < 4.78 is 0. The van der Waals surface area contributed by atoms with Gasteiger partial charge in [0, 0.05) is 11.6 Å². The zero-order chi connectivity index (χ0) is 7.98. The molecule has 60 valence electrons. The van der Waals surface area contributed by atoms with Crippen LogP contribution in [0.5, 0.6) is 0 Å². The van der Waals surface area contributed by atoms with Crippen LogP contribution in [0, 0.1) is 10.4 Å². The second-order valence-corrected chi connectivity index (χ2v) is 1.79. The molecule has 0 aliphatic carbocycles. The van der Waals surface area contributed by atoms with Crippen LogP contribution in [-0.4, -0.2) is 35.3 Å². The Hall–Kier alpha value is -1.04. The maximum absolute atomic E-state index is 10.3. The molecule has 0 aromatic rings. The van der Waals surface area contributed by atoms with Crippen molar-refractivity contribution in [2.45, 2.75) is 6.42 Å². The van der Waals surface area contributed by atoms with Crippen LogP contribution < -0.4 is 0 Å². The molecule has 0 unspecified atom stereocenters. The number of hydrogen-bond donors (Lipinski definition) is 1. The molecule has 0 saturated heterocycles. The van der Waals surface area contributed by atoms with Crippen LogP contribution in [0.3, 0.4) is 0 Å². The van der Waals surface area contributed by atoms with Gasteiger partial charge in [-0.2, -0.15) is 5.01 Å². The topological polar surface area (TPSA) is 85.0 Å². The van der Waals surface area contributed by atoms with Crippen LogP contribution in [0.25, 0.3) is 0 Å². The van der Waals surface area contributed by atoms with Crippen LogP contribution >= 0.6 is 0 Å². The first kappa shape index (κ1) is 8.96. The molecule has 0 atom stereocenters. The van der Waals surface area contributed by atoms with Crippen molar-refractivity contribution in [3.05, 3.63) is 10.4 Å². The fourth-order valence-electron chi connectivity index (χ4n) is 0.447. The molecule has 0 bridgehead atoms. The van der Waals surface area contributed by atoms with Gasteiger partial charge in [0.05, 0.1) is 13.6 Å². The van der Waals surface area contributed by atoms with Crippen molar-refractivity contribution in [1.29, 1.82) is 0 Å². The third-order valence-corrected chi connectivity index (χ3v) is 1.00. The van der Waals surface area contributed by atoms with Crippen molar-refractivity contribution in [3.8, 4) is 0 Å². The van der Waals surface area contributed by atoms with E-state index in [0.29, 0.717) is 13.0 Å². The molecular weight excluding hydrogens is 138 g/mol. The van der Waals surface area contributed by atoms with Gasteiger partial charge in [-0.25, -0.2) is 0 Å². The van der Waals surface area contributed by atoms with Crippen molar-refractivity contribution < 1.29 is 10.1 Å². The lowest BCUT2D eigenvalue weighted by atomic mass is 10.4. The Kier molecular flexibility index (Phi) is 4.30. The minimum absolute atomic E-state index is 0.00294. The van der Waals surface area contributed by atoms with Gasteiger partial charge in [-0.15, -0.1) is 0 Å². The van der Waals surface area contributed by atoms with E-state index in [4.69, 9.17) is 5.11 Å². The monoisotopic (exact) mass is 148 g/mol. The van der Waals surface area contributed by atoms with Crippen LogP contribution in [0.15, 0.2) is 5.28 Å². The molecule has 0 radical (unpaired) electrons. The first-order chi connectivity index (χ1) is 4.72. The molecule has 6 heteroatoms. The first-order valence-electron chi connectivity index (χ1n) is 2.84. The second kappa shape index (κ2) is 4.80. The lowest BCUT2D eigenvalue weighted by Crippen LogP contribution is -2.27. The maximum atomic E-state index is 10.3. The molecule has 0 aliphatic rings. The summed E-state index contributed by atoms with van der Waals surface area (Å²) in [7, 11) is 1.42. The van der Waals surface area contributed by atoms with Crippen LogP contribution in [0.4, 0.5) is 0 Å². The van der Waals surface area contributed by atoms with Gasteiger partial charge in [-0.3, -0.25) is 0 Å². The molecule has 0 aromatic carbocycles. The molecule has 0 spiro atoms. The second-order valence-electron chi connectivity index (χ2n) is 1.79. The van der Waals surface area contributed by atoms with E-state index < -0.39 is 0 Å². The summed E-state index contributed by atoms with van der Waals surface area (Å²) in [6, 6.07) is 0. The van der Waals surface area contributed by atoms with Crippen LogP contribution in [0.1, 0.15) is 6.42 Å². The summed E-state index contributed by atoms with van der Waals surface area (Å²) in [4.78, 5) is -0.0599. The fraction of sp³-hybridized carbons (Fsp3) is 1.00. The molecule has 0 heterocycles. The smallest absolute Gasteiger partial charge is 0.0786 e. The van der Waals surface area contributed by atoms with Crippen LogP contribution in [0.2, 0.25) is 0 Å². The molecule has 1 N–H and O–H groups in total. The van der Waals surface area contributed by atoms with E-state index >= 15 is 0 Å². The van der Waals surface area contributed by atoms with Gasteiger partial charge in [-0.1, -0.05) is 0 Å². The van der Waals surface area contributed by atoms with E-state index in [-0.39, 0.29) is 11.6 Å². The Morgan fingerprint density at radius 1 is 1.70 bits per heavy atom. The maximum Gasteiger partial charge on any atom is 0.0786 e. The molecule has 6 nitrogen and oxygen atoms in total. The lowest BCUT2D eigenvalue weighted by Gasteiger charge is -2.12. The van der Waals surface area contributed by atoms with Gasteiger partial charge >= 0.3 is 0 Å². The zero-order valence-corrected chi connectivity index (χ0v) is 5.73. The van der Waals surface area contributed by atoms with E-state index in [2.05, 4.69) is 5.28 Å². The minimum Gasteiger partial charge on any atom is -0.737 e. The molecular formula is C4H10N3O3-. The highest BCUT2D eigenvalue weighted by molar-refractivity contribution is 4.35. The highest BCUT2D eigenvalue weighted by Crippen LogP contribution is 1.87. The average Bonchev–Trinajstić information content (AvgIpc) is 1.98. The van der Waals surface area contributed by atoms with E-state index in [0.717, 1.165) is 5.01 Å². The summed E-state index contributed by atoms with van der Waals surface area (Å²) in [5.74, 6) is 0. The standard InChI is InChI=1S/C4H11N3O3/c1-6(3-2-4-8)7(10)5-9/h8-9H,2-4H2,1H3/p-1/b7-5+. The van der Waals surface area contributed by atoms with Crippen LogP contribution in [-0.2, 0) is 0 Å². The van der Waals surface area contributed by atoms with Gasteiger partial charge in [0.2, 0.25) is 0 Å². The zero-order valence-electron chi connectivity index (χ0n) is 5.73. The summed E-state index contributed by atoms with van der Waals surface area (Å²) in [5, 5.41) is 31.4. The Morgan fingerprint density at radius 3 is 2.70 bits per heavy atom. The van der Waals surface area contributed by atoms with E-state index in [9.17, 15) is 10.4 Å². The Labute approximate surface area is 58.5 Å². The molecule has 0 saturated carbocycles. The molecule has 0 aromatic heterocycles. The summed E-state index contributed by atoms with van der Waals surface area (Å²) >= 11 is 0. The number of nitrogens with zero attached hydrogens (tertiary/aromatic N) is 3. The highest BCUT2D eigenvalue weighted by atomic mass is 16.6. The Bertz CT molecular complexity index is 116. The number of hydrazine groups is 1. The van der Waals surface area contributed by atoms with Crippen molar-refractivity contribution in [2.24, 2.45) is 5.28 Å². The number of rotatable bonds is 4. The van der Waals surface area contributed by atoms with Gasteiger partial charge < -0.3 is 15.5 Å². The molecule has 0 aliphatic heterocycles. The lowest BCUT2D eigenvalue weighted by molar-refractivity contribution is -0.684. The molecule has 0 amide bonds. The van der Waals surface area contributed by atoms with Gasteiger partial charge in [0.1, 0.15) is 0 Å². The highest BCUT2D eigenvalue weighted by Gasteiger charge is 2.00. The minimum atomic E-state index is -0.0599. The van der Waals surface area contributed by atoms with Crippen molar-refractivity contribution >= 4 is 0 Å². The van der Waals surface area contributed by atoms with Crippen molar-refractivity contribution in [1.82, 2.24) is 5.01 Å². The quantitative estimate of drug-likeness (QED) is 0.336. The molecule has 0 rings (SSSR count). The van der Waals surface area contributed by atoms with Crippen molar-refractivity contribution in [2.75, 3.05) is 20.2 Å². The number of aliphatic hydroxyl groups is 1. The van der Waals surface area contributed by atoms with Gasteiger partial charge in [0.15, 0.2) is 0 Å². The predicted octanol–water partition coefficient (Wildman–Crippen LogP) is -0.324. The van der Waals surface area contributed by atoms with Crippen molar-refractivity contribution in [3.63, 3.8) is 0 Å². The third kappa shape index (κ3) is 3.08. The Balaban J connectivity index is 3.51. The SMILES string of the molecule is CN(CCCO)/[N+]([O-])=N\[O-]. The Morgan fingerprint density at radius 2 is 2.30 bits per heavy atom. The fourth-order valence-corrected chi connectivity index (χ4v) is 0.447. The predicted molar refractivity (Wildman–Crippen MR) is 33.8 cm³/mol. The first-order valence-corrected chi connectivity index (χ1v) is 2.84. The van der Waals surface area contributed by atoms with E-state index in [1.165, 1.54) is 7.05 Å². The van der Waals surface area contributed by atoms with E-state index in [1.54, 1.807) is 0 Å². The summed E-state index contributed by atoms with van der Waals surface area (Å²) in [6.07, 6.45) is 0.449. The normalized spacial score (nSPS) is 11.6. The summed E-state index contributed by atoms with van der Waals surface area (Å²) in [5.41, 5.74) is 0. The van der Waals surface area contributed by atoms with Gasteiger partial charge in [0.25, 0.3) is 0 Å². The van der Waals surface area contributed by atoms with E-state index in [1.807, 2.05) is 0 Å².